The fourth-order valence-corrected chi connectivity index (χ4v) is 2.53. The van der Waals surface area contributed by atoms with E-state index in [4.69, 9.17) is 16.3 Å². The van der Waals surface area contributed by atoms with E-state index < -0.39 is 4.92 Å². The van der Waals surface area contributed by atoms with Crippen molar-refractivity contribution in [1.82, 2.24) is 0 Å². The van der Waals surface area contributed by atoms with Crippen LogP contribution in [0.3, 0.4) is 0 Å². The average molecular weight is 271 g/mol. The van der Waals surface area contributed by atoms with Crippen LogP contribution in [0.4, 0.5) is 11.4 Å². The van der Waals surface area contributed by atoms with Gasteiger partial charge in [-0.3, -0.25) is 10.1 Å². The Morgan fingerprint density at radius 1 is 1.56 bits per heavy atom. The first-order valence-electron chi connectivity index (χ1n) is 5.84. The lowest BCUT2D eigenvalue weighted by Crippen LogP contribution is -2.39. The number of rotatable bonds is 3. The summed E-state index contributed by atoms with van der Waals surface area (Å²) in [6.07, 6.45) is 2.07. The summed E-state index contributed by atoms with van der Waals surface area (Å²) in [6.45, 7) is 1.46. The van der Waals surface area contributed by atoms with Gasteiger partial charge in [0.25, 0.3) is 0 Å². The van der Waals surface area contributed by atoms with Crippen LogP contribution >= 0.6 is 11.6 Å². The van der Waals surface area contributed by atoms with Crippen LogP contribution in [0.25, 0.3) is 0 Å². The first-order chi connectivity index (χ1) is 8.63. The molecule has 6 heteroatoms. The SMILES string of the molecule is COC1CCCN(c2cccc(Cl)c2[N+](=O)[O-])C1. The highest BCUT2D eigenvalue weighted by molar-refractivity contribution is 6.33. The molecule has 1 atom stereocenters. The highest BCUT2D eigenvalue weighted by Gasteiger charge is 2.27. The summed E-state index contributed by atoms with van der Waals surface area (Å²) >= 11 is 5.91. The van der Waals surface area contributed by atoms with Crippen molar-refractivity contribution in [2.24, 2.45) is 0 Å². The summed E-state index contributed by atoms with van der Waals surface area (Å²) in [6, 6.07) is 5.02. The molecule has 5 nitrogen and oxygen atoms in total. The van der Waals surface area contributed by atoms with Crippen molar-refractivity contribution in [1.29, 1.82) is 0 Å². The van der Waals surface area contributed by atoms with Gasteiger partial charge in [0, 0.05) is 20.2 Å². The Balaban J connectivity index is 2.32. The van der Waals surface area contributed by atoms with E-state index in [2.05, 4.69) is 0 Å². The molecule has 0 aliphatic carbocycles. The highest BCUT2D eigenvalue weighted by atomic mass is 35.5. The minimum atomic E-state index is -0.423. The van der Waals surface area contributed by atoms with E-state index in [1.165, 1.54) is 0 Å². The number of para-hydroxylation sites is 1. The number of hydrogen-bond acceptors (Lipinski definition) is 4. The van der Waals surface area contributed by atoms with E-state index in [9.17, 15) is 10.1 Å². The summed E-state index contributed by atoms with van der Waals surface area (Å²) in [5, 5.41) is 11.3. The molecule has 18 heavy (non-hydrogen) atoms. The Bertz CT molecular complexity index is 453. The van der Waals surface area contributed by atoms with Gasteiger partial charge in [0.1, 0.15) is 10.7 Å². The van der Waals surface area contributed by atoms with Crippen molar-refractivity contribution in [3.63, 3.8) is 0 Å². The van der Waals surface area contributed by atoms with Crippen LogP contribution in [0.5, 0.6) is 0 Å². The predicted octanol–water partition coefficient (Wildman–Crippen LogP) is 2.86. The fourth-order valence-electron chi connectivity index (χ4n) is 2.29. The number of nitrogens with zero attached hydrogens (tertiary/aromatic N) is 2. The van der Waals surface area contributed by atoms with Crippen LogP contribution in [0, 0.1) is 10.1 Å². The lowest BCUT2D eigenvalue weighted by molar-refractivity contribution is -0.384. The summed E-state index contributed by atoms with van der Waals surface area (Å²) in [7, 11) is 1.67. The van der Waals surface area contributed by atoms with Gasteiger partial charge in [-0.05, 0) is 25.0 Å². The van der Waals surface area contributed by atoms with Crippen molar-refractivity contribution in [2.75, 3.05) is 25.1 Å². The Labute approximate surface area is 110 Å². The number of halogens is 1. The van der Waals surface area contributed by atoms with E-state index in [-0.39, 0.29) is 16.8 Å². The van der Waals surface area contributed by atoms with Gasteiger partial charge >= 0.3 is 5.69 Å². The van der Waals surface area contributed by atoms with Crippen molar-refractivity contribution in [3.05, 3.63) is 33.3 Å². The Hall–Kier alpha value is -1.33. The largest absolute Gasteiger partial charge is 0.380 e. The molecule has 1 aromatic rings. The number of hydrogen-bond donors (Lipinski definition) is 0. The van der Waals surface area contributed by atoms with Crippen LogP contribution in [-0.2, 0) is 4.74 Å². The Kier molecular flexibility index (Phi) is 4.04. The van der Waals surface area contributed by atoms with Crippen molar-refractivity contribution >= 4 is 23.0 Å². The predicted molar refractivity (Wildman–Crippen MR) is 70.4 cm³/mol. The number of nitro groups is 1. The normalized spacial score (nSPS) is 19.9. The van der Waals surface area contributed by atoms with Crippen LogP contribution in [-0.4, -0.2) is 31.2 Å². The number of nitro benzene ring substituents is 1. The van der Waals surface area contributed by atoms with Crippen molar-refractivity contribution in [2.45, 2.75) is 18.9 Å². The third-order valence-corrected chi connectivity index (χ3v) is 3.51. The molecule has 1 aromatic carbocycles. The van der Waals surface area contributed by atoms with Gasteiger partial charge in [0.2, 0.25) is 0 Å². The standard InChI is InChI=1S/C12H15ClN2O3/c1-18-9-4-3-7-14(8-9)11-6-2-5-10(13)12(11)15(16)17/h2,5-6,9H,3-4,7-8H2,1H3. The minimum absolute atomic E-state index is 0.0177. The molecular weight excluding hydrogens is 256 g/mol. The number of benzene rings is 1. The van der Waals surface area contributed by atoms with E-state index >= 15 is 0 Å². The van der Waals surface area contributed by atoms with Gasteiger partial charge in [-0.1, -0.05) is 17.7 Å². The quantitative estimate of drug-likeness (QED) is 0.626. The van der Waals surface area contributed by atoms with Gasteiger partial charge in [-0.25, -0.2) is 0 Å². The molecule has 0 saturated carbocycles. The van der Waals surface area contributed by atoms with Gasteiger partial charge < -0.3 is 9.64 Å². The molecule has 98 valence electrons. The molecule has 1 aliphatic heterocycles. The molecule has 0 N–H and O–H groups in total. The molecule has 1 aliphatic rings. The van der Waals surface area contributed by atoms with Crippen LogP contribution < -0.4 is 4.90 Å². The Morgan fingerprint density at radius 2 is 2.33 bits per heavy atom. The summed E-state index contributed by atoms with van der Waals surface area (Å²) in [4.78, 5) is 12.7. The molecule has 2 rings (SSSR count). The maximum absolute atomic E-state index is 11.1. The first kappa shape index (κ1) is 13.1. The molecule has 1 saturated heterocycles. The molecule has 0 aromatic heterocycles. The second-order valence-electron chi connectivity index (χ2n) is 4.31. The highest BCUT2D eigenvalue weighted by Crippen LogP contribution is 2.36. The van der Waals surface area contributed by atoms with Gasteiger partial charge in [-0.2, -0.15) is 0 Å². The molecule has 1 unspecified atom stereocenters. The lowest BCUT2D eigenvalue weighted by atomic mass is 10.1. The van der Waals surface area contributed by atoms with E-state index in [0.717, 1.165) is 19.4 Å². The Morgan fingerprint density at radius 3 is 3.00 bits per heavy atom. The second kappa shape index (κ2) is 5.54. The summed E-state index contributed by atoms with van der Waals surface area (Å²) in [5.41, 5.74) is 0.560. The van der Waals surface area contributed by atoms with Gasteiger partial charge in [0.15, 0.2) is 0 Å². The molecule has 0 spiro atoms. The van der Waals surface area contributed by atoms with E-state index in [1.807, 2.05) is 4.90 Å². The number of methoxy groups -OCH3 is 1. The number of anilines is 1. The number of piperidine rings is 1. The van der Waals surface area contributed by atoms with Crippen molar-refractivity contribution < 1.29 is 9.66 Å². The molecule has 0 bridgehead atoms. The first-order valence-corrected chi connectivity index (χ1v) is 6.22. The van der Waals surface area contributed by atoms with Crippen LogP contribution in [0.1, 0.15) is 12.8 Å². The maximum atomic E-state index is 11.1. The monoisotopic (exact) mass is 270 g/mol. The maximum Gasteiger partial charge on any atom is 0.310 e. The van der Waals surface area contributed by atoms with Gasteiger partial charge in [0.05, 0.1) is 11.0 Å². The molecule has 0 amide bonds. The van der Waals surface area contributed by atoms with Crippen LogP contribution in [0.2, 0.25) is 5.02 Å². The lowest BCUT2D eigenvalue weighted by Gasteiger charge is -2.33. The van der Waals surface area contributed by atoms with Crippen molar-refractivity contribution in [3.8, 4) is 0 Å². The zero-order valence-electron chi connectivity index (χ0n) is 10.1. The zero-order valence-corrected chi connectivity index (χ0v) is 10.9. The van der Waals surface area contributed by atoms with Crippen LogP contribution in [0.15, 0.2) is 18.2 Å². The molecule has 1 fully saturated rings. The summed E-state index contributed by atoms with van der Waals surface area (Å²) < 4.78 is 5.33. The minimum Gasteiger partial charge on any atom is -0.380 e. The molecular formula is C12H15ClN2O3. The number of ether oxygens (including phenoxy) is 1. The van der Waals surface area contributed by atoms with E-state index in [0.29, 0.717) is 12.2 Å². The topological polar surface area (TPSA) is 55.6 Å². The molecule has 0 radical (unpaired) electrons. The fraction of sp³-hybridized carbons (Fsp3) is 0.500. The third kappa shape index (κ3) is 2.57. The van der Waals surface area contributed by atoms with Gasteiger partial charge in [-0.15, -0.1) is 0 Å². The second-order valence-corrected chi connectivity index (χ2v) is 4.72. The smallest absolute Gasteiger partial charge is 0.310 e. The zero-order chi connectivity index (χ0) is 13.1. The molecule has 1 heterocycles. The summed E-state index contributed by atoms with van der Waals surface area (Å²) in [5.74, 6) is 0. The third-order valence-electron chi connectivity index (χ3n) is 3.20. The average Bonchev–Trinajstić information content (AvgIpc) is 2.38. The van der Waals surface area contributed by atoms with E-state index in [1.54, 1.807) is 25.3 Å².